The Bertz CT molecular complexity index is 723. The molecule has 0 saturated heterocycles. The van der Waals surface area contributed by atoms with E-state index in [1.54, 1.807) is 0 Å². The lowest BCUT2D eigenvalue weighted by atomic mass is 9.80. The normalized spacial score (nSPS) is 19.1. The van der Waals surface area contributed by atoms with E-state index in [-0.39, 0.29) is 0 Å². The first-order valence-corrected chi connectivity index (χ1v) is 8.82. The Morgan fingerprint density at radius 3 is 2.57 bits per heavy atom. The fraction of sp³-hybridized carbons (Fsp3) is 0.300. The van der Waals surface area contributed by atoms with Crippen molar-refractivity contribution >= 4 is 28.1 Å². The number of hydrogen-bond donors (Lipinski definition) is 1. The third kappa shape index (κ3) is 3.27. The van der Waals surface area contributed by atoms with Gasteiger partial charge in [0.25, 0.3) is 0 Å². The summed E-state index contributed by atoms with van der Waals surface area (Å²) in [5, 5.41) is 11.7. The summed E-state index contributed by atoms with van der Waals surface area (Å²) in [6.45, 7) is 3.36. The molecule has 0 amide bonds. The zero-order valence-corrected chi connectivity index (χ0v) is 14.8. The van der Waals surface area contributed by atoms with Crippen molar-refractivity contribution in [3.63, 3.8) is 0 Å². The van der Waals surface area contributed by atoms with Crippen molar-refractivity contribution in [1.82, 2.24) is 0 Å². The number of hydrogen-bond acceptors (Lipinski definition) is 2. The number of benzene rings is 2. The Kier molecular flexibility index (Phi) is 5.00. The fourth-order valence-corrected chi connectivity index (χ4v) is 3.58. The molecule has 120 valence electrons. The van der Waals surface area contributed by atoms with Crippen LogP contribution in [0.5, 0.6) is 0 Å². The third-order valence-corrected chi connectivity index (χ3v) is 4.83. The molecule has 2 nitrogen and oxygen atoms in total. The molecule has 3 heteroatoms. The molecule has 2 aromatic rings. The smallest absolute Gasteiger partial charge is 0.116 e. The molecule has 0 heterocycles. The summed E-state index contributed by atoms with van der Waals surface area (Å²) < 4.78 is 6.44. The van der Waals surface area contributed by atoms with E-state index in [0.717, 1.165) is 33.1 Å². The van der Waals surface area contributed by atoms with Crippen LogP contribution in [0.3, 0.4) is 0 Å². The van der Waals surface area contributed by atoms with E-state index in [4.69, 9.17) is 4.74 Å². The van der Waals surface area contributed by atoms with Crippen molar-refractivity contribution in [3.05, 3.63) is 69.2 Å². The molecule has 0 saturated carbocycles. The molecule has 1 aliphatic carbocycles. The first-order valence-electron chi connectivity index (χ1n) is 8.03. The lowest BCUT2D eigenvalue weighted by Crippen LogP contribution is -2.29. The van der Waals surface area contributed by atoms with Gasteiger partial charge >= 0.3 is 0 Å². The molecule has 1 aliphatic rings. The van der Waals surface area contributed by atoms with Crippen LogP contribution in [0.4, 0.5) is 0 Å². The van der Waals surface area contributed by atoms with Gasteiger partial charge in [-0.05, 0) is 54.2 Å². The molecule has 1 unspecified atom stereocenters. The minimum absolute atomic E-state index is 0.634. The van der Waals surface area contributed by atoms with Crippen LogP contribution in [-0.4, -0.2) is 18.3 Å². The van der Waals surface area contributed by atoms with Crippen LogP contribution in [0.1, 0.15) is 42.0 Å². The SMILES string of the molecule is CCOCCCC1(O)c2ccccc2C=Cc2ccc(Br)cc21. The predicted octanol–water partition coefficient (Wildman–Crippen LogP) is 4.99. The second kappa shape index (κ2) is 7.00. The van der Waals surface area contributed by atoms with Gasteiger partial charge < -0.3 is 9.84 Å². The molecule has 0 aliphatic heterocycles. The molecule has 0 aromatic heterocycles. The van der Waals surface area contributed by atoms with Gasteiger partial charge in [0.05, 0.1) is 0 Å². The summed E-state index contributed by atoms with van der Waals surface area (Å²) >= 11 is 3.54. The zero-order chi connectivity index (χ0) is 16.3. The molecule has 0 fully saturated rings. The summed E-state index contributed by atoms with van der Waals surface area (Å²) in [4.78, 5) is 0. The highest BCUT2D eigenvalue weighted by atomic mass is 79.9. The molecule has 0 spiro atoms. The van der Waals surface area contributed by atoms with Crippen LogP contribution in [-0.2, 0) is 10.3 Å². The van der Waals surface area contributed by atoms with E-state index >= 15 is 0 Å². The lowest BCUT2D eigenvalue weighted by molar-refractivity contribution is 0.0533. The first-order chi connectivity index (χ1) is 11.1. The van der Waals surface area contributed by atoms with Gasteiger partial charge in [-0.3, -0.25) is 0 Å². The molecule has 1 atom stereocenters. The molecule has 0 radical (unpaired) electrons. The minimum atomic E-state index is -1.00. The monoisotopic (exact) mass is 372 g/mol. The van der Waals surface area contributed by atoms with Crippen molar-refractivity contribution in [1.29, 1.82) is 0 Å². The maximum atomic E-state index is 11.7. The fourth-order valence-electron chi connectivity index (χ4n) is 3.22. The zero-order valence-electron chi connectivity index (χ0n) is 13.3. The third-order valence-electron chi connectivity index (χ3n) is 4.34. The molecular formula is C20H21BrO2. The van der Waals surface area contributed by atoms with E-state index in [1.165, 1.54) is 0 Å². The van der Waals surface area contributed by atoms with Crippen LogP contribution < -0.4 is 0 Å². The Morgan fingerprint density at radius 1 is 1.04 bits per heavy atom. The molecule has 1 N–H and O–H groups in total. The average Bonchev–Trinajstić information content (AvgIpc) is 2.68. The number of aliphatic hydroxyl groups is 1. The van der Waals surface area contributed by atoms with Gasteiger partial charge in [-0.25, -0.2) is 0 Å². The number of halogens is 1. The van der Waals surface area contributed by atoms with Crippen molar-refractivity contribution < 1.29 is 9.84 Å². The highest BCUT2D eigenvalue weighted by Gasteiger charge is 2.35. The van der Waals surface area contributed by atoms with Gasteiger partial charge in [-0.1, -0.05) is 58.4 Å². The van der Waals surface area contributed by atoms with Crippen LogP contribution in [0.15, 0.2) is 46.9 Å². The summed E-state index contributed by atoms with van der Waals surface area (Å²) in [5.41, 5.74) is 3.03. The summed E-state index contributed by atoms with van der Waals surface area (Å²) in [6, 6.07) is 14.2. The van der Waals surface area contributed by atoms with E-state index in [9.17, 15) is 5.11 Å². The lowest BCUT2D eigenvalue weighted by Gasteiger charge is -2.31. The predicted molar refractivity (Wildman–Crippen MR) is 98.2 cm³/mol. The number of fused-ring (bicyclic) bond motifs is 2. The van der Waals surface area contributed by atoms with Gasteiger partial charge in [-0.15, -0.1) is 0 Å². The Labute approximate surface area is 145 Å². The molecule has 2 aromatic carbocycles. The molecular weight excluding hydrogens is 352 g/mol. The van der Waals surface area contributed by atoms with E-state index < -0.39 is 5.60 Å². The Balaban J connectivity index is 2.08. The van der Waals surface area contributed by atoms with Crippen molar-refractivity contribution in [2.45, 2.75) is 25.4 Å². The van der Waals surface area contributed by atoms with Crippen molar-refractivity contribution in [3.8, 4) is 0 Å². The van der Waals surface area contributed by atoms with Crippen LogP contribution >= 0.6 is 15.9 Å². The van der Waals surface area contributed by atoms with Crippen LogP contribution in [0.2, 0.25) is 0 Å². The topological polar surface area (TPSA) is 29.5 Å². The number of ether oxygens (including phenoxy) is 1. The minimum Gasteiger partial charge on any atom is -0.382 e. The van der Waals surface area contributed by atoms with E-state index in [1.807, 2.05) is 37.3 Å². The van der Waals surface area contributed by atoms with Gasteiger partial charge in [0.2, 0.25) is 0 Å². The summed E-state index contributed by atoms with van der Waals surface area (Å²) in [7, 11) is 0. The molecule has 3 rings (SSSR count). The van der Waals surface area contributed by atoms with E-state index in [0.29, 0.717) is 19.6 Å². The van der Waals surface area contributed by atoms with Gasteiger partial charge in [0, 0.05) is 17.7 Å². The maximum absolute atomic E-state index is 11.7. The average molecular weight is 373 g/mol. The summed E-state index contributed by atoms with van der Waals surface area (Å²) in [5.74, 6) is 0. The van der Waals surface area contributed by atoms with Crippen LogP contribution in [0, 0.1) is 0 Å². The van der Waals surface area contributed by atoms with Crippen LogP contribution in [0.25, 0.3) is 12.2 Å². The highest BCUT2D eigenvalue weighted by Crippen LogP contribution is 2.41. The molecule has 0 bridgehead atoms. The largest absolute Gasteiger partial charge is 0.382 e. The summed E-state index contributed by atoms with van der Waals surface area (Å²) in [6.07, 6.45) is 5.61. The second-order valence-corrected chi connectivity index (χ2v) is 6.73. The van der Waals surface area contributed by atoms with Gasteiger partial charge in [-0.2, -0.15) is 0 Å². The number of rotatable bonds is 5. The quantitative estimate of drug-likeness (QED) is 0.749. The highest BCUT2D eigenvalue weighted by molar-refractivity contribution is 9.10. The molecule has 23 heavy (non-hydrogen) atoms. The Morgan fingerprint density at radius 2 is 1.78 bits per heavy atom. The first kappa shape index (κ1) is 16.4. The second-order valence-electron chi connectivity index (χ2n) is 5.81. The van der Waals surface area contributed by atoms with Crippen molar-refractivity contribution in [2.75, 3.05) is 13.2 Å². The van der Waals surface area contributed by atoms with Gasteiger partial charge in [0.15, 0.2) is 0 Å². The van der Waals surface area contributed by atoms with E-state index in [2.05, 4.69) is 40.2 Å². The maximum Gasteiger partial charge on any atom is 0.116 e. The Hall–Kier alpha value is -1.42. The van der Waals surface area contributed by atoms with Crippen molar-refractivity contribution in [2.24, 2.45) is 0 Å². The standard InChI is InChI=1S/C20H21BrO2/c1-2-23-13-5-12-20(22)18-7-4-3-6-15(18)8-9-16-10-11-17(21)14-19(16)20/h3-4,6-11,14,22H,2,5,12-13H2,1H3. The van der Waals surface area contributed by atoms with Gasteiger partial charge in [0.1, 0.15) is 5.60 Å².